The number of amides is 5. The molecule has 0 aromatic heterocycles. The highest BCUT2D eigenvalue weighted by molar-refractivity contribution is 6.02. The highest BCUT2D eigenvalue weighted by Gasteiger charge is 2.31. The Kier molecular flexibility index (Phi) is 13.7. The molecule has 1 saturated carbocycles. The predicted molar refractivity (Wildman–Crippen MR) is 184 cm³/mol. The second-order valence-electron chi connectivity index (χ2n) is 13.1. The molecule has 2 aliphatic rings. The number of carbonyl (C=O) groups excluding carboxylic acids is 3. The number of aliphatic hydroxyl groups is 1. The zero-order chi connectivity index (χ0) is 33.8. The van der Waals surface area contributed by atoms with Gasteiger partial charge in [0.25, 0.3) is 5.91 Å². The number of anilines is 2. The quantitative estimate of drug-likeness (QED) is 0.286. The summed E-state index contributed by atoms with van der Waals surface area (Å²) in [5.41, 5.74) is 1.36. The van der Waals surface area contributed by atoms with Gasteiger partial charge in [0, 0.05) is 50.1 Å². The lowest BCUT2D eigenvalue weighted by Gasteiger charge is -2.36. The Hall–Kier alpha value is -3.83. The maximum atomic E-state index is 14.3. The third-order valence-corrected chi connectivity index (χ3v) is 9.07. The van der Waals surface area contributed by atoms with Crippen LogP contribution in [-0.4, -0.2) is 90.5 Å². The standard InChI is InChI=1S/C36H53N5O6/c1-25-22-41(26(2)24-42)34(43)31-21-30(38-35(44)37-28-14-7-5-8-15-28)18-19-32(31)47-27(3)13-11-12-20-46-33(25)23-40(4)36(45)39-29-16-9-6-10-17-29/h5,7-8,14-15,18-19,21,25-27,29,33,42H,6,9-13,16-17,20,22-24H2,1-4H3,(H,39,45)(H2,37,38,44)/t25-,26+,27-,33-/m1/s1. The number of nitrogens with zero attached hydrogens (tertiary/aromatic N) is 2. The normalized spacial score (nSPS) is 22.2. The van der Waals surface area contributed by atoms with E-state index in [0.29, 0.717) is 35.8 Å². The first-order valence-electron chi connectivity index (χ1n) is 17.1. The minimum absolute atomic E-state index is 0.111. The molecule has 11 nitrogen and oxygen atoms in total. The molecule has 258 valence electrons. The van der Waals surface area contributed by atoms with E-state index in [0.717, 1.165) is 44.9 Å². The zero-order valence-corrected chi connectivity index (χ0v) is 28.4. The van der Waals surface area contributed by atoms with Crippen LogP contribution < -0.4 is 20.7 Å². The maximum absolute atomic E-state index is 14.3. The largest absolute Gasteiger partial charge is 0.490 e. The van der Waals surface area contributed by atoms with Crippen molar-refractivity contribution >= 4 is 29.3 Å². The second-order valence-corrected chi connectivity index (χ2v) is 13.1. The number of aliphatic hydroxyl groups excluding tert-OH is 1. The van der Waals surface area contributed by atoms with Gasteiger partial charge in [-0.3, -0.25) is 4.79 Å². The van der Waals surface area contributed by atoms with Crippen molar-refractivity contribution in [2.45, 2.75) is 96.4 Å². The average molecular weight is 652 g/mol. The van der Waals surface area contributed by atoms with Crippen LogP contribution in [0.5, 0.6) is 5.75 Å². The smallest absolute Gasteiger partial charge is 0.323 e. The summed E-state index contributed by atoms with van der Waals surface area (Å²) in [7, 11) is 1.79. The van der Waals surface area contributed by atoms with Crippen LogP contribution in [0.1, 0.15) is 82.5 Å². The molecule has 0 radical (unpaired) electrons. The van der Waals surface area contributed by atoms with Gasteiger partial charge in [0.1, 0.15) is 5.75 Å². The van der Waals surface area contributed by atoms with Gasteiger partial charge in [-0.15, -0.1) is 0 Å². The first-order chi connectivity index (χ1) is 22.6. The van der Waals surface area contributed by atoms with Crippen molar-refractivity contribution in [2.75, 3.05) is 44.0 Å². The lowest BCUT2D eigenvalue weighted by Crippen LogP contribution is -2.50. The Morgan fingerprint density at radius 1 is 0.979 bits per heavy atom. The summed E-state index contributed by atoms with van der Waals surface area (Å²) >= 11 is 0. The molecule has 4 N–H and O–H groups in total. The first-order valence-corrected chi connectivity index (χ1v) is 17.1. The number of nitrogens with one attached hydrogen (secondary N) is 3. The number of ether oxygens (including phenoxy) is 2. The van der Waals surface area contributed by atoms with Gasteiger partial charge >= 0.3 is 12.1 Å². The Morgan fingerprint density at radius 3 is 2.40 bits per heavy atom. The van der Waals surface area contributed by atoms with Crippen molar-refractivity contribution in [1.29, 1.82) is 0 Å². The molecule has 0 unspecified atom stereocenters. The van der Waals surface area contributed by atoms with Crippen LogP contribution in [0, 0.1) is 5.92 Å². The van der Waals surface area contributed by atoms with E-state index in [1.165, 1.54) is 6.42 Å². The Morgan fingerprint density at radius 2 is 1.68 bits per heavy atom. The van der Waals surface area contributed by atoms with Crippen LogP contribution in [0.4, 0.5) is 21.0 Å². The highest BCUT2D eigenvalue weighted by Crippen LogP contribution is 2.29. The average Bonchev–Trinajstić information content (AvgIpc) is 3.06. The molecule has 1 fully saturated rings. The topological polar surface area (TPSA) is 132 Å². The van der Waals surface area contributed by atoms with Crippen molar-refractivity contribution in [1.82, 2.24) is 15.1 Å². The van der Waals surface area contributed by atoms with Crippen LogP contribution in [0.3, 0.4) is 0 Å². The fraction of sp³-hybridized carbons (Fsp3) is 0.583. The Bertz CT molecular complexity index is 1300. The monoisotopic (exact) mass is 651 g/mol. The summed E-state index contributed by atoms with van der Waals surface area (Å²) in [5.74, 6) is -0.0720. The summed E-state index contributed by atoms with van der Waals surface area (Å²) in [6.45, 7) is 6.72. The number of likely N-dealkylation sites (N-methyl/N-ethyl adjacent to an activating group) is 1. The maximum Gasteiger partial charge on any atom is 0.323 e. The molecule has 1 heterocycles. The van der Waals surface area contributed by atoms with Gasteiger partial charge in [-0.2, -0.15) is 0 Å². The highest BCUT2D eigenvalue weighted by atomic mass is 16.5. The van der Waals surface area contributed by atoms with E-state index < -0.39 is 12.1 Å². The Labute approximate surface area is 279 Å². The van der Waals surface area contributed by atoms with Crippen molar-refractivity contribution < 1.29 is 29.0 Å². The fourth-order valence-corrected chi connectivity index (χ4v) is 6.16. The van der Waals surface area contributed by atoms with Gasteiger partial charge < -0.3 is 40.3 Å². The van der Waals surface area contributed by atoms with Gasteiger partial charge in [0.05, 0.1) is 30.4 Å². The fourth-order valence-electron chi connectivity index (χ4n) is 6.16. The number of para-hydroxylation sites is 1. The molecule has 11 heteroatoms. The van der Waals surface area contributed by atoms with Crippen LogP contribution in [0.15, 0.2) is 48.5 Å². The van der Waals surface area contributed by atoms with E-state index in [1.54, 1.807) is 54.1 Å². The summed E-state index contributed by atoms with van der Waals surface area (Å²) in [5, 5.41) is 19.0. The zero-order valence-electron chi connectivity index (χ0n) is 28.4. The van der Waals surface area contributed by atoms with Crippen molar-refractivity contribution in [2.24, 2.45) is 5.92 Å². The Balaban J connectivity index is 1.56. The van der Waals surface area contributed by atoms with Crippen LogP contribution in [0.2, 0.25) is 0 Å². The van der Waals surface area contributed by atoms with Crippen molar-refractivity contribution in [3.8, 4) is 5.75 Å². The van der Waals surface area contributed by atoms with Crippen LogP contribution in [0.25, 0.3) is 0 Å². The number of carbonyl (C=O) groups is 3. The SMILES string of the molecule is C[C@@H]1CCCCO[C@H](CN(C)C(=O)NC2CCCCC2)[C@H](C)CN([C@@H](C)CO)C(=O)c2cc(NC(=O)Nc3ccccc3)ccc2O1. The number of urea groups is 2. The summed E-state index contributed by atoms with van der Waals surface area (Å²) in [6, 6.07) is 13.3. The van der Waals surface area contributed by atoms with Gasteiger partial charge in [-0.25, -0.2) is 9.59 Å². The molecule has 1 aliphatic heterocycles. The van der Waals surface area contributed by atoms with E-state index >= 15 is 0 Å². The third kappa shape index (κ3) is 10.9. The molecule has 2 aromatic rings. The van der Waals surface area contributed by atoms with E-state index in [2.05, 4.69) is 16.0 Å². The van der Waals surface area contributed by atoms with E-state index in [9.17, 15) is 19.5 Å². The lowest BCUT2D eigenvalue weighted by atomic mass is 9.96. The molecule has 0 saturated heterocycles. The molecule has 0 bridgehead atoms. The molecule has 2 aromatic carbocycles. The van der Waals surface area contributed by atoms with E-state index in [4.69, 9.17) is 9.47 Å². The van der Waals surface area contributed by atoms with E-state index in [1.807, 2.05) is 32.0 Å². The first kappa shape index (κ1) is 36.0. The number of fused-ring (bicyclic) bond motifs is 1. The molecular weight excluding hydrogens is 598 g/mol. The lowest BCUT2D eigenvalue weighted by molar-refractivity contribution is -0.0123. The minimum Gasteiger partial charge on any atom is -0.490 e. The molecule has 47 heavy (non-hydrogen) atoms. The number of benzene rings is 2. The summed E-state index contributed by atoms with van der Waals surface area (Å²) in [6.07, 6.45) is 7.46. The molecular formula is C36H53N5O6. The van der Waals surface area contributed by atoms with Gasteiger partial charge in [0.2, 0.25) is 0 Å². The second kappa shape index (κ2) is 17.9. The molecule has 0 spiro atoms. The van der Waals surface area contributed by atoms with Crippen LogP contribution >= 0.6 is 0 Å². The molecule has 1 aliphatic carbocycles. The molecule has 4 atom stereocenters. The summed E-state index contributed by atoms with van der Waals surface area (Å²) < 4.78 is 12.7. The molecule has 4 rings (SSSR count). The van der Waals surface area contributed by atoms with Crippen molar-refractivity contribution in [3.05, 3.63) is 54.1 Å². The number of hydrogen-bond acceptors (Lipinski definition) is 6. The van der Waals surface area contributed by atoms with Gasteiger partial charge in [-0.05, 0) is 76.3 Å². The van der Waals surface area contributed by atoms with Crippen molar-refractivity contribution in [3.63, 3.8) is 0 Å². The van der Waals surface area contributed by atoms with Gasteiger partial charge in [0.15, 0.2) is 0 Å². The number of rotatable bonds is 7. The van der Waals surface area contributed by atoms with Gasteiger partial charge in [-0.1, -0.05) is 44.4 Å². The van der Waals surface area contributed by atoms with Crippen LogP contribution in [-0.2, 0) is 4.74 Å². The third-order valence-electron chi connectivity index (χ3n) is 9.07. The predicted octanol–water partition coefficient (Wildman–Crippen LogP) is 6.10. The summed E-state index contributed by atoms with van der Waals surface area (Å²) in [4.78, 5) is 43.6. The minimum atomic E-state index is -0.505. The van der Waals surface area contributed by atoms with E-state index in [-0.39, 0.29) is 49.3 Å². The number of hydrogen-bond donors (Lipinski definition) is 4. The molecule has 5 amide bonds.